The summed E-state index contributed by atoms with van der Waals surface area (Å²) in [4.78, 5) is 35.9. The molecule has 0 radical (unpaired) electrons. The minimum Gasteiger partial charge on any atom is -0.355 e. The smallest absolute Gasteiger partial charge is 0.279 e. The van der Waals surface area contributed by atoms with Gasteiger partial charge in [-0.1, -0.05) is 6.07 Å². The Bertz CT molecular complexity index is 594. The molecule has 0 saturated carbocycles. The summed E-state index contributed by atoms with van der Waals surface area (Å²) >= 11 is 0. The van der Waals surface area contributed by atoms with Crippen LogP contribution in [-0.2, 0) is 14.4 Å². The Morgan fingerprint density at radius 2 is 1.88 bits per heavy atom. The highest BCUT2D eigenvalue weighted by Crippen LogP contribution is 2.08. The molecule has 1 aromatic carbocycles. The molecule has 0 aliphatic carbocycles. The van der Waals surface area contributed by atoms with Gasteiger partial charge in [0, 0.05) is 12.2 Å². The van der Waals surface area contributed by atoms with E-state index in [4.69, 9.17) is 0 Å². The Hall–Kier alpha value is -2.48. The molecule has 0 aliphatic rings. The number of rotatable bonds is 8. The van der Waals surface area contributed by atoms with Gasteiger partial charge >= 0.3 is 0 Å². The predicted molar refractivity (Wildman–Crippen MR) is 87.9 cm³/mol. The van der Waals surface area contributed by atoms with E-state index in [0.29, 0.717) is 17.1 Å². The summed E-state index contributed by atoms with van der Waals surface area (Å²) in [6.45, 7) is 3.96. The van der Waals surface area contributed by atoms with E-state index in [1.807, 2.05) is 0 Å². The van der Waals surface area contributed by atoms with Crippen molar-refractivity contribution in [2.45, 2.75) is 19.9 Å². The van der Waals surface area contributed by atoms with Crippen LogP contribution in [0.2, 0.25) is 0 Å². The number of hydrogen-bond donors (Lipinski definition) is 4. The zero-order valence-electron chi connectivity index (χ0n) is 14.1. The standard InChI is InChI=1S/C16H23FN4O3/c1-4-18-16(24)11(2)19-14(22)9-21(3)10-15(23)20-13-7-5-6-12(17)8-13/h5-8,11H,4,9-10H2,1-3H3,(H,18,24)(H,19,22)(H,20,23)/p+1/t11-/m1/s1. The van der Waals surface area contributed by atoms with Gasteiger partial charge in [-0.05, 0) is 32.0 Å². The molecule has 0 aliphatic heterocycles. The largest absolute Gasteiger partial charge is 0.355 e. The Labute approximate surface area is 140 Å². The van der Waals surface area contributed by atoms with Crippen molar-refractivity contribution in [1.29, 1.82) is 0 Å². The number of carbonyl (C=O) groups is 3. The first-order valence-corrected chi connectivity index (χ1v) is 7.75. The molecule has 132 valence electrons. The van der Waals surface area contributed by atoms with Crippen LogP contribution in [0.1, 0.15) is 13.8 Å². The minimum atomic E-state index is -0.633. The van der Waals surface area contributed by atoms with E-state index in [-0.39, 0.29) is 30.8 Å². The molecule has 1 unspecified atom stereocenters. The molecule has 4 N–H and O–H groups in total. The maximum absolute atomic E-state index is 13.1. The lowest BCUT2D eigenvalue weighted by atomic mass is 10.3. The second-order valence-electron chi connectivity index (χ2n) is 5.55. The van der Waals surface area contributed by atoms with E-state index < -0.39 is 11.9 Å². The summed E-state index contributed by atoms with van der Waals surface area (Å²) < 4.78 is 13.1. The number of anilines is 1. The first kappa shape index (κ1) is 19.6. The average Bonchev–Trinajstić information content (AvgIpc) is 2.46. The van der Waals surface area contributed by atoms with Crippen LogP contribution in [0.5, 0.6) is 0 Å². The highest BCUT2D eigenvalue weighted by molar-refractivity contribution is 5.91. The van der Waals surface area contributed by atoms with Gasteiger partial charge < -0.3 is 20.9 Å². The molecule has 0 spiro atoms. The van der Waals surface area contributed by atoms with E-state index >= 15 is 0 Å². The first-order chi connectivity index (χ1) is 11.3. The Balaban J connectivity index is 2.39. The molecule has 0 fully saturated rings. The zero-order valence-corrected chi connectivity index (χ0v) is 14.1. The zero-order chi connectivity index (χ0) is 18.1. The van der Waals surface area contributed by atoms with Gasteiger partial charge in [-0.25, -0.2) is 4.39 Å². The van der Waals surface area contributed by atoms with Gasteiger partial charge in [0.15, 0.2) is 13.1 Å². The van der Waals surface area contributed by atoms with Crippen molar-refractivity contribution < 1.29 is 23.7 Å². The number of hydrogen-bond acceptors (Lipinski definition) is 3. The second kappa shape index (κ2) is 9.61. The molecule has 8 heteroatoms. The lowest BCUT2D eigenvalue weighted by Crippen LogP contribution is -3.11. The van der Waals surface area contributed by atoms with E-state index in [2.05, 4.69) is 16.0 Å². The summed E-state index contributed by atoms with van der Waals surface area (Å²) in [5.74, 6) is -1.35. The fourth-order valence-corrected chi connectivity index (χ4v) is 2.07. The fourth-order valence-electron chi connectivity index (χ4n) is 2.07. The fraction of sp³-hybridized carbons (Fsp3) is 0.438. The number of quaternary nitrogens is 1. The Morgan fingerprint density at radius 3 is 2.50 bits per heavy atom. The van der Waals surface area contributed by atoms with E-state index in [0.717, 1.165) is 0 Å². The highest BCUT2D eigenvalue weighted by Gasteiger charge is 2.18. The van der Waals surface area contributed by atoms with Crippen LogP contribution in [0.15, 0.2) is 24.3 Å². The minimum absolute atomic E-state index is 0.0411. The molecule has 0 saturated heterocycles. The van der Waals surface area contributed by atoms with Gasteiger partial charge in [0.1, 0.15) is 11.9 Å². The van der Waals surface area contributed by atoms with Gasteiger partial charge in [0.25, 0.3) is 11.8 Å². The monoisotopic (exact) mass is 339 g/mol. The summed E-state index contributed by atoms with van der Waals surface area (Å²) in [7, 11) is 1.68. The van der Waals surface area contributed by atoms with Gasteiger partial charge in [-0.15, -0.1) is 0 Å². The summed E-state index contributed by atoms with van der Waals surface area (Å²) in [6.07, 6.45) is 0. The van der Waals surface area contributed by atoms with Gasteiger partial charge in [0.2, 0.25) is 5.91 Å². The van der Waals surface area contributed by atoms with E-state index in [9.17, 15) is 18.8 Å². The van der Waals surface area contributed by atoms with Crippen LogP contribution in [0.4, 0.5) is 10.1 Å². The third kappa shape index (κ3) is 7.19. The molecule has 3 amide bonds. The molecule has 1 rings (SSSR count). The van der Waals surface area contributed by atoms with Crippen LogP contribution in [0.3, 0.4) is 0 Å². The summed E-state index contributed by atoms with van der Waals surface area (Å²) in [5.41, 5.74) is 0.363. The van der Waals surface area contributed by atoms with Crippen LogP contribution in [0.25, 0.3) is 0 Å². The van der Waals surface area contributed by atoms with Gasteiger partial charge in [0.05, 0.1) is 7.05 Å². The number of amides is 3. The number of benzene rings is 1. The maximum atomic E-state index is 13.1. The highest BCUT2D eigenvalue weighted by atomic mass is 19.1. The number of carbonyl (C=O) groups excluding carboxylic acids is 3. The van der Waals surface area contributed by atoms with Crippen molar-refractivity contribution in [2.75, 3.05) is 32.0 Å². The van der Waals surface area contributed by atoms with Crippen LogP contribution in [-0.4, -0.2) is 50.4 Å². The number of nitrogens with one attached hydrogen (secondary N) is 4. The van der Waals surface area contributed by atoms with Crippen molar-refractivity contribution in [2.24, 2.45) is 0 Å². The quantitative estimate of drug-likeness (QED) is 0.486. The lowest BCUT2D eigenvalue weighted by molar-refractivity contribution is -0.862. The molecule has 0 heterocycles. The average molecular weight is 339 g/mol. The van der Waals surface area contributed by atoms with Crippen molar-refractivity contribution in [3.8, 4) is 0 Å². The summed E-state index contributed by atoms with van der Waals surface area (Å²) in [5, 5.41) is 7.75. The van der Waals surface area contributed by atoms with Gasteiger partial charge in [-0.2, -0.15) is 0 Å². The topological polar surface area (TPSA) is 91.7 Å². The normalized spacial score (nSPS) is 12.8. The third-order valence-electron chi connectivity index (χ3n) is 3.15. The summed E-state index contributed by atoms with van der Waals surface area (Å²) in [6, 6.07) is 4.95. The third-order valence-corrected chi connectivity index (χ3v) is 3.15. The second-order valence-corrected chi connectivity index (χ2v) is 5.55. The van der Waals surface area contributed by atoms with Crippen molar-refractivity contribution in [3.63, 3.8) is 0 Å². The molecular formula is C16H24FN4O3+. The van der Waals surface area contributed by atoms with Crippen LogP contribution >= 0.6 is 0 Å². The van der Waals surface area contributed by atoms with Crippen molar-refractivity contribution in [1.82, 2.24) is 10.6 Å². The van der Waals surface area contributed by atoms with Crippen LogP contribution < -0.4 is 20.9 Å². The molecule has 0 bridgehead atoms. The lowest BCUT2D eigenvalue weighted by Gasteiger charge is -2.16. The molecular weight excluding hydrogens is 315 g/mol. The van der Waals surface area contributed by atoms with Crippen molar-refractivity contribution in [3.05, 3.63) is 30.1 Å². The van der Waals surface area contributed by atoms with E-state index in [1.165, 1.54) is 18.2 Å². The van der Waals surface area contributed by atoms with E-state index in [1.54, 1.807) is 27.0 Å². The van der Waals surface area contributed by atoms with Crippen molar-refractivity contribution >= 4 is 23.4 Å². The molecule has 24 heavy (non-hydrogen) atoms. The first-order valence-electron chi connectivity index (χ1n) is 7.75. The Morgan fingerprint density at radius 1 is 1.21 bits per heavy atom. The predicted octanol–water partition coefficient (Wildman–Crippen LogP) is -1.08. The molecule has 2 atom stereocenters. The van der Waals surface area contributed by atoms with Gasteiger partial charge in [-0.3, -0.25) is 14.4 Å². The molecule has 1 aromatic rings. The number of halogens is 1. The number of likely N-dealkylation sites (N-methyl/N-ethyl adjacent to an activating group) is 2. The SMILES string of the molecule is CCNC(=O)[C@@H](C)NC(=O)C[NH+](C)CC(=O)Nc1cccc(F)c1. The molecule has 0 aromatic heterocycles. The maximum Gasteiger partial charge on any atom is 0.279 e. The molecule has 7 nitrogen and oxygen atoms in total. The van der Waals surface area contributed by atoms with Crippen LogP contribution in [0, 0.1) is 5.82 Å². The Kier molecular flexibility index (Phi) is 7.84.